The minimum atomic E-state index is -0.343. The third-order valence-electron chi connectivity index (χ3n) is 2.60. The number of terminal acetylenes is 1. The first kappa shape index (κ1) is 10.5. The average molecular weight is 213 g/mol. The Morgan fingerprint density at radius 3 is 2.56 bits per heavy atom. The number of benzene rings is 2. The van der Waals surface area contributed by atoms with E-state index >= 15 is 0 Å². The van der Waals surface area contributed by atoms with Crippen molar-refractivity contribution in [3.05, 3.63) is 41.7 Å². The Labute approximate surface area is 94.5 Å². The first-order valence-electron chi connectivity index (χ1n) is 5.00. The van der Waals surface area contributed by atoms with Gasteiger partial charge in [0.1, 0.15) is 5.82 Å². The van der Waals surface area contributed by atoms with E-state index in [1.54, 1.807) is 6.07 Å². The summed E-state index contributed by atoms with van der Waals surface area (Å²) in [5.41, 5.74) is 1.27. The van der Waals surface area contributed by atoms with E-state index in [1.165, 1.54) is 6.07 Å². The largest absolute Gasteiger partial charge is 0.377 e. The molecule has 0 saturated heterocycles. The Balaban J connectivity index is 2.94. The van der Waals surface area contributed by atoms with Crippen molar-refractivity contribution < 1.29 is 4.39 Å². The van der Waals surface area contributed by atoms with Crippen molar-refractivity contribution >= 4 is 16.5 Å². The van der Waals surface area contributed by atoms with E-state index in [2.05, 4.69) is 5.92 Å². The van der Waals surface area contributed by atoms with Gasteiger partial charge in [0.05, 0.1) is 5.56 Å². The lowest BCUT2D eigenvalue weighted by atomic mass is 10.0. The molecular formula is C14H12FN. The van der Waals surface area contributed by atoms with Crippen LogP contribution in [0.3, 0.4) is 0 Å². The maximum atomic E-state index is 13.6. The van der Waals surface area contributed by atoms with Crippen LogP contribution in [0.5, 0.6) is 0 Å². The molecule has 80 valence electrons. The lowest BCUT2D eigenvalue weighted by Crippen LogP contribution is -2.09. The third kappa shape index (κ3) is 1.51. The Morgan fingerprint density at radius 1 is 1.19 bits per heavy atom. The summed E-state index contributed by atoms with van der Waals surface area (Å²) in [6, 6.07) is 8.97. The molecule has 2 rings (SSSR count). The maximum Gasteiger partial charge on any atom is 0.139 e. The summed E-state index contributed by atoms with van der Waals surface area (Å²) in [5.74, 6) is 2.09. The molecule has 0 radical (unpaired) electrons. The van der Waals surface area contributed by atoms with Crippen LogP contribution >= 0.6 is 0 Å². The number of hydrogen-bond acceptors (Lipinski definition) is 1. The molecule has 2 aromatic carbocycles. The molecule has 0 aromatic heterocycles. The van der Waals surface area contributed by atoms with Crippen LogP contribution in [0.4, 0.5) is 10.1 Å². The van der Waals surface area contributed by atoms with Gasteiger partial charge in [0.25, 0.3) is 0 Å². The van der Waals surface area contributed by atoms with Gasteiger partial charge < -0.3 is 4.90 Å². The van der Waals surface area contributed by atoms with E-state index in [0.717, 1.165) is 16.5 Å². The molecule has 0 aliphatic rings. The monoisotopic (exact) mass is 213 g/mol. The van der Waals surface area contributed by atoms with E-state index in [9.17, 15) is 4.39 Å². The molecule has 2 aromatic rings. The highest BCUT2D eigenvalue weighted by Gasteiger charge is 2.10. The molecule has 0 spiro atoms. The Bertz CT molecular complexity index is 579. The van der Waals surface area contributed by atoms with E-state index in [1.807, 2.05) is 37.2 Å². The summed E-state index contributed by atoms with van der Waals surface area (Å²) >= 11 is 0. The van der Waals surface area contributed by atoms with Gasteiger partial charge >= 0.3 is 0 Å². The number of hydrogen-bond donors (Lipinski definition) is 0. The summed E-state index contributed by atoms with van der Waals surface area (Å²) in [5, 5.41) is 1.76. The quantitative estimate of drug-likeness (QED) is 0.658. The highest BCUT2D eigenvalue weighted by Crippen LogP contribution is 2.29. The van der Waals surface area contributed by atoms with Gasteiger partial charge in [0, 0.05) is 25.2 Å². The molecule has 2 heteroatoms. The van der Waals surface area contributed by atoms with Crippen molar-refractivity contribution in [1.29, 1.82) is 0 Å². The fraction of sp³-hybridized carbons (Fsp3) is 0.143. The third-order valence-corrected chi connectivity index (χ3v) is 2.60. The van der Waals surface area contributed by atoms with Gasteiger partial charge in [-0.15, -0.1) is 6.42 Å². The Kier molecular flexibility index (Phi) is 2.54. The van der Waals surface area contributed by atoms with E-state index < -0.39 is 0 Å². The van der Waals surface area contributed by atoms with Crippen molar-refractivity contribution in [3.8, 4) is 12.3 Å². The second-order valence-corrected chi connectivity index (χ2v) is 3.84. The minimum absolute atomic E-state index is 0.335. The molecule has 0 saturated carbocycles. The topological polar surface area (TPSA) is 3.24 Å². The molecule has 0 fully saturated rings. The molecule has 0 N–H and O–H groups in total. The van der Waals surface area contributed by atoms with Crippen LogP contribution in [0.25, 0.3) is 10.8 Å². The molecule has 0 heterocycles. The fourth-order valence-electron chi connectivity index (χ4n) is 1.85. The normalized spacial score (nSPS) is 10.1. The predicted octanol–water partition coefficient (Wildman–Crippen LogP) is 3.03. The van der Waals surface area contributed by atoms with E-state index in [4.69, 9.17) is 6.42 Å². The molecule has 0 atom stereocenters. The first-order chi connectivity index (χ1) is 7.65. The molecule has 0 unspecified atom stereocenters. The minimum Gasteiger partial charge on any atom is -0.377 e. The van der Waals surface area contributed by atoms with E-state index in [0.29, 0.717) is 5.56 Å². The maximum absolute atomic E-state index is 13.6. The van der Waals surface area contributed by atoms with Gasteiger partial charge in [-0.3, -0.25) is 0 Å². The van der Waals surface area contributed by atoms with Gasteiger partial charge in [0.2, 0.25) is 0 Å². The Hall–Kier alpha value is -2.01. The molecule has 0 amide bonds. The van der Waals surface area contributed by atoms with Crippen LogP contribution < -0.4 is 4.90 Å². The number of halogens is 1. The molecule has 0 aliphatic carbocycles. The van der Waals surface area contributed by atoms with Crippen molar-refractivity contribution in [2.75, 3.05) is 19.0 Å². The number of nitrogens with zero attached hydrogens (tertiary/aromatic N) is 1. The number of fused-ring (bicyclic) bond motifs is 1. The smallest absolute Gasteiger partial charge is 0.139 e. The van der Waals surface area contributed by atoms with Crippen LogP contribution in [-0.4, -0.2) is 14.1 Å². The molecular weight excluding hydrogens is 201 g/mol. The second-order valence-electron chi connectivity index (χ2n) is 3.84. The number of anilines is 1. The molecule has 1 nitrogen and oxygen atoms in total. The summed E-state index contributed by atoms with van der Waals surface area (Å²) in [6.07, 6.45) is 5.38. The lowest BCUT2D eigenvalue weighted by Gasteiger charge is -2.16. The van der Waals surface area contributed by atoms with Crippen LogP contribution in [-0.2, 0) is 0 Å². The zero-order valence-electron chi connectivity index (χ0n) is 9.29. The van der Waals surface area contributed by atoms with Crippen LogP contribution in [0, 0.1) is 18.2 Å². The second kappa shape index (κ2) is 3.86. The van der Waals surface area contributed by atoms with Crippen LogP contribution in [0.2, 0.25) is 0 Å². The SMILES string of the molecule is C#Cc1c(F)ccc2cccc(N(C)C)c12. The van der Waals surface area contributed by atoms with Crippen molar-refractivity contribution in [1.82, 2.24) is 0 Å². The van der Waals surface area contributed by atoms with Crippen LogP contribution in [0.15, 0.2) is 30.3 Å². The molecule has 0 bridgehead atoms. The lowest BCUT2D eigenvalue weighted by molar-refractivity contribution is 0.626. The van der Waals surface area contributed by atoms with Crippen molar-refractivity contribution in [2.24, 2.45) is 0 Å². The Morgan fingerprint density at radius 2 is 1.94 bits per heavy atom. The molecule has 16 heavy (non-hydrogen) atoms. The zero-order valence-corrected chi connectivity index (χ0v) is 9.29. The van der Waals surface area contributed by atoms with E-state index in [-0.39, 0.29) is 5.82 Å². The standard InChI is InChI=1S/C14H12FN/c1-4-11-12(15)9-8-10-6-5-7-13(14(10)11)16(2)3/h1,5-9H,2-3H3. The van der Waals surface area contributed by atoms with Gasteiger partial charge in [0.15, 0.2) is 0 Å². The van der Waals surface area contributed by atoms with Gasteiger partial charge in [-0.2, -0.15) is 0 Å². The molecule has 0 aliphatic heterocycles. The van der Waals surface area contributed by atoms with Gasteiger partial charge in [-0.25, -0.2) is 4.39 Å². The summed E-state index contributed by atoms with van der Waals surface area (Å²) in [7, 11) is 3.83. The summed E-state index contributed by atoms with van der Waals surface area (Å²) in [4.78, 5) is 1.93. The first-order valence-corrected chi connectivity index (χ1v) is 5.00. The predicted molar refractivity (Wildman–Crippen MR) is 66.2 cm³/mol. The van der Waals surface area contributed by atoms with Gasteiger partial charge in [-0.05, 0) is 17.5 Å². The zero-order chi connectivity index (χ0) is 11.7. The highest BCUT2D eigenvalue weighted by atomic mass is 19.1. The highest BCUT2D eigenvalue weighted by molar-refractivity contribution is 5.98. The summed E-state index contributed by atoms with van der Waals surface area (Å²) < 4.78 is 13.6. The summed E-state index contributed by atoms with van der Waals surface area (Å²) in [6.45, 7) is 0. The van der Waals surface area contributed by atoms with Crippen molar-refractivity contribution in [3.63, 3.8) is 0 Å². The average Bonchev–Trinajstić information content (AvgIpc) is 2.28. The van der Waals surface area contributed by atoms with Gasteiger partial charge in [-0.1, -0.05) is 24.1 Å². The number of rotatable bonds is 1. The fourth-order valence-corrected chi connectivity index (χ4v) is 1.85. The van der Waals surface area contributed by atoms with Crippen LogP contribution in [0.1, 0.15) is 5.56 Å². The van der Waals surface area contributed by atoms with Crippen molar-refractivity contribution in [2.45, 2.75) is 0 Å².